The zero-order valence-corrected chi connectivity index (χ0v) is 18.6. The number of aliphatic carboxylic acids is 2. The maximum absolute atomic E-state index is 9.77. The normalized spacial score (nSPS) is 18.1. The molecule has 1 aromatic carbocycles. The van der Waals surface area contributed by atoms with Crippen molar-refractivity contribution in [2.75, 3.05) is 26.2 Å². The third kappa shape index (κ3) is 9.59. The largest absolute Gasteiger partial charge is 0.479 e. The molecule has 1 fully saturated rings. The minimum absolute atomic E-state index is 0.662. The Balaban J connectivity index is 0.000000382. The number of benzene rings is 1. The first-order valence-corrected chi connectivity index (χ1v) is 10.5. The van der Waals surface area contributed by atoms with Crippen LogP contribution in [-0.2, 0) is 16.1 Å². The summed E-state index contributed by atoms with van der Waals surface area (Å²) in [6.07, 6.45) is -3.25. The third-order valence-electron chi connectivity index (χ3n) is 4.52. The summed E-state index contributed by atoms with van der Waals surface area (Å²) in [5, 5.41) is 37.4. The number of hydrogen-bond donors (Lipinski definition) is 5. The maximum atomic E-state index is 9.77. The molecule has 3 atom stereocenters. The van der Waals surface area contributed by atoms with Crippen molar-refractivity contribution in [1.29, 1.82) is 0 Å². The van der Waals surface area contributed by atoms with E-state index in [0.29, 0.717) is 10.9 Å². The summed E-state index contributed by atoms with van der Waals surface area (Å²) in [6, 6.07) is 5.81. The number of aliphatic hydroxyl groups is 2. The molecule has 10 heteroatoms. The zero-order chi connectivity index (χ0) is 22.8. The molecule has 0 radical (unpaired) electrons. The molecule has 1 aliphatic heterocycles. The van der Waals surface area contributed by atoms with E-state index in [-0.39, 0.29) is 0 Å². The number of carboxylic acid groups (broad SMARTS) is 2. The van der Waals surface area contributed by atoms with Gasteiger partial charge in [-0.2, -0.15) is 0 Å². The Kier molecular flexibility index (Phi) is 11.6. The molecule has 1 heterocycles. The fourth-order valence-electron chi connectivity index (χ4n) is 3.12. The number of carboxylic acids is 2. The molecule has 0 bridgehead atoms. The molecule has 8 nitrogen and oxygen atoms in total. The number of nitrogens with one attached hydrogen (secondary N) is 1. The van der Waals surface area contributed by atoms with E-state index in [0.717, 1.165) is 43.7 Å². The number of aliphatic hydroxyl groups excluding tert-OH is 2. The van der Waals surface area contributed by atoms with Gasteiger partial charge < -0.3 is 25.7 Å². The van der Waals surface area contributed by atoms with E-state index in [2.05, 4.69) is 24.1 Å². The van der Waals surface area contributed by atoms with E-state index >= 15 is 0 Å². The lowest BCUT2D eigenvalue weighted by Crippen LogP contribution is -2.39. The average Bonchev–Trinajstić information content (AvgIpc) is 3.15. The van der Waals surface area contributed by atoms with E-state index in [9.17, 15) is 9.59 Å². The molecule has 0 unspecified atom stereocenters. The van der Waals surface area contributed by atoms with Crippen LogP contribution in [0.2, 0.25) is 10.0 Å². The van der Waals surface area contributed by atoms with Gasteiger partial charge in [-0.25, -0.2) is 9.59 Å². The summed E-state index contributed by atoms with van der Waals surface area (Å²) < 4.78 is 0. The highest BCUT2D eigenvalue weighted by molar-refractivity contribution is 6.35. The van der Waals surface area contributed by atoms with Crippen LogP contribution in [0.3, 0.4) is 0 Å². The van der Waals surface area contributed by atoms with Crippen molar-refractivity contribution in [2.45, 2.75) is 39.0 Å². The van der Waals surface area contributed by atoms with Crippen molar-refractivity contribution in [1.82, 2.24) is 10.2 Å². The van der Waals surface area contributed by atoms with Gasteiger partial charge in [-0.05, 0) is 49.0 Å². The van der Waals surface area contributed by atoms with Gasteiger partial charge in [-0.3, -0.25) is 4.90 Å². The van der Waals surface area contributed by atoms with Crippen molar-refractivity contribution >= 4 is 35.1 Å². The number of nitrogens with zero attached hydrogens (tertiary/aromatic N) is 1. The van der Waals surface area contributed by atoms with Crippen LogP contribution >= 0.6 is 23.2 Å². The highest BCUT2D eigenvalue weighted by atomic mass is 35.5. The molecular weight excluding hydrogens is 435 g/mol. The summed E-state index contributed by atoms with van der Waals surface area (Å²) in [4.78, 5) is 22.1. The summed E-state index contributed by atoms with van der Waals surface area (Å²) in [5.41, 5.74) is 1.17. The van der Waals surface area contributed by atoms with Crippen molar-refractivity contribution in [3.8, 4) is 0 Å². The Morgan fingerprint density at radius 1 is 1.17 bits per heavy atom. The maximum Gasteiger partial charge on any atom is 0.335 e. The molecular formula is C20H30Cl2N2O6. The van der Waals surface area contributed by atoms with Gasteiger partial charge in [-0.15, -0.1) is 0 Å². The van der Waals surface area contributed by atoms with E-state index in [1.165, 1.54) is 12.0 Å². The Bertz CT molecular complexity index is 680. The van der Waals surface area contributed by atoms with Gasteiger partial charge in [0, 0.05) is 29.7 Å². The topological polar surface area (TPSA) is 130 Å². The Morgan fingerprint density at radius 3 is 2.20 bits per heavy atom. The fourth-order valence-corrected chi connectivity index (χ4v) is 3.58. The number of carbonyl (C=O) groups is 2. The molecule has 0 amide bonds. The quantitative estimate of drug-likeness (QED) is 0.374. The highest BCUT2D eigenvalue weighted by Gasteiger charge is 2.29. The molecule has 30 heavy (non-hydrogen) atoms. The average molecular weight is 465 g/mol. The van der Waals surface area contributed by atoms with E-state index in [4.69, 9.17) is 43.6 Å². The van der Waals surface area contributed by atoms with E-state index in [1.807, 2.05) is 18.2 Å². The van der Waals surface area contributed by atoms with Gasteiger partial charge in [0.05, 0.1) is 0 Å². The second-order valence-corrected chi connectivity index (χ2v) is 8.59. The van der Waals surface area contributed by atoms with Gasteiger partial charge in [0.25, 0.3) is 0 Å². The van der Waals surface area contributed by atoms with Crippen LogP contribution in [0.5, 0.6) is 0 Å². The first kappa shape index (κ1) is 26.6. The van der Waals surface area contributed by atoms with Crippen molar-refractivity contribution in [2.24, 2.45) is 11.8 Å². The zero-order valence-electron chi connectivity index (χ0n) is 17.1. The fraction of sp³-hybridized carbons (Fsp3) is 0.600. The lowest BCUT2D eigenvalue weighted by Gasteiger charge is -2.27. The molecule has 0 saturated carbocycles. The lowest BCUT2D eigenvalue weighted by atomic mass is 10.1. The van der Waals surface area contributed by atoms with Crippen LogP contribution in [-0.4, -0.2) is 75.7 Å². The van der Waals surface area contributed by atoms with Gasteiger partial charge >= 0.3 is 11.9 Å². The molecule has 0 aliphatic carbocycles. The molecule has 1 aliphatic rings. The summed E-state index contributed by atoms with van der Waals surface area (Å²) in [7, 11) is 0. The number of halogens is 2. The molecule has 170 valence electrons. The van der Waals surface area contributed by atoms with Crippen LogP contribution in [0.4, 0.5) is 0 Å². The summed E-state index contributed by atoms with van der Waals surface area (Å²) in [5.74, 6) is -2.11. The molecule has 1 aromatic rings. The predicted octanol–water partition coefficient (Wildman–Crippen LogP) is 1.94. The second kappa shape index (κ2) is 13.1. The molecule has 1 saturated heterocycles. The smallest absolute Gasteiger partial charge is 0.335 e. The van der Waals surface area contributed by atoms with Crippen molar-refractivity contribution in [3.63, 3.8) is 0 Å². The van der Waals surface area contributed by atoms with Gasteiger partial charge in [0.1, 0.15) is 0 Å². The second-order valence-electron chi connectivity index (χ2n) is 7.75. The molecule has 5 N–H and O–H groups in total. The summed E-state index contributed by atoms with van der Waals surface area (Å²) >= 11 is 12.3. The SMILES string of the molecule is CC(C)CN(Cc1ccc(Cl)cc1Cl)C[C@H]1CCNC1.O=C(O)[C@H](O)[C@@H](O)C(=O)O. The van der Waals surface area contributed by atoms with E-state index < -0.39 is 24.1 Å². The monoisotopic (exact) mass is 464 g/mol. The number of hydrogen-bond acceptors (Lipinski definition) is 6. The standard InChI is InChI=1S/C16H24Cl2N2.C4H6O6/c1-12(2)9-20(10-13-5-6-19-8-13)11-14-3-4-15(17)7-16(14)18;5-1(3(7)8)2(6)4(9)10/h3-4,7,12-13,19H,5-6,8-11H2,1-2H3;1-2,5-6H,(H,7,8)(H,9,10)/t13-;1-,2-/m01/s1. The van der Waals surface area contributed by atoms with Crippen molar-refractivity contribution < 1.29 is 30.0 Å². The van der Waals surface area contributed by atoms with Gasteiger partial charge in [0.15, 0.2) is 12.2 Å². The highest BCUT2D eigenvalue weighted by Crippen LogP contribution is 2.23. The minimum Gasteiger partial charge on any atom is -0.479 e. The predicted molar refractivity (Wildman–Crippen MR) is 115 cm³/mol. The third-order valence-corrected chi connectivity index (χ3v) is 5.10. The van der Waals surface area contributed by atoms with Crippen LogP contribution in [0.25, 0.3) is 0 Å². The molecule has 0 aromatic heterocycles. The minimum atomic E-state index is -2.27. The Hall–Kier alpha value is -1.42. The first-order valence-electron chi connectivity index (χ1n) is 9.70. The van der Waals surface area contributed by atoms with Crippen LogP contribution < -0.4 is 5.32 Å². The van der Waals surface area contributed by atoms with E-state index in [1.54, 1.807) is 0 Å². The van der Waals surface area contributed by atoms with Crippen LogP contribution in [0.1, 0.15) is 25.8 Å². The Morgan fingerprint density at radius 2 is 1.77 bits per heavy atom. The van der Waals surface area contributed by atoms with Crippen LogP contribution in [0, 0.1) is 11.8 Å². The summed E-state index contributed by atoms with van der Waals surface area (Å²) in [6.45, 7) is 9.99. The van der Waals surface area contributed by atoms with Gasteiger partial charge in [0.2, 0.25) is 0 Å². The van der Waals surface area contributed by atoms with Crippen molar-refractivity contribution in [3.05, 3.63) is 33.8 Å². The lowest BCUT2D eigenvalue weighted by molar-refractivity contribution is -0.165. The van der Waals surface area contributed by atoms with Gasteiger partial charge in [-0.1, -0.05) is 43.1 Å². The molecule has 2 rings (SSSR count). The molecule has 0 spiro atoms. The van der Waals surface area contributed by atoms with Crippen LogP contribution in [0.15, 0.2) is 18.2 Å². The first-order chi connectivity index (χ1) is 14.0. The number of rotatable bonds is 9. The Labute approximate surface area is 186 Å².